The van der Waals surface area contributed by atoms with E-state index in [2.05, 4.69) is 149 Å². The van der Waals surface area contributed by atoms with E-state index in [0.717, 1.165) is 34.5 Å². The number of nitrogens with zero attached hydrogens (tertiary/aromatic N) is 4. The van der Waals surface area contributed by atoms with Gasteiger partial charge in [-0.15, -0.1) is 0 Å². The van der Waals surface area contributed by atoms with E-state index in [1.54, 1.807) is 6.33 Å². The van der Waals surface area contributed by atoms with Gasteiger partial charge in [0.25, 0.3) is 0 Å². The summed E-state index contributed by atoms with van der Waals surface area (Å²) in [5.74, 6) is 0.942. The Kier molecular flexibility index (Phi) is 5.02. The molecule has 0 N–H and O–H groups in total. The van der Waals surface area contributed by atoms with Crippen molar-refractivity contribution in [3.05, 3.63) is 157 Å². The van der Waals surface area contributed by atoms with Gasteiger partial charge in [-0.2, -0.15) is 0 Å². The fourth-order valence-electron chi connectivity index (χ4n) is 7.48. The van der Waals surface area contributed by atoms with Gasteiger partial charge in [-0.25, -0.2) is 9.97 Å². The molecule has 9 aromatic rings. The summed E-state index contributed by atoms with van der Waals surface area (Å²) in [7, 11) is 0. The third kappa shape index (κ3) is 3.48. The lowest BCUT2D eigenvalue weighted by Gasteiger charge is -2.12. The maximum atomic E-state index is 4.92. The second-order valence-corrected chi connectivity index (χ2v) is 11.9. The van der Waals surface area contributed by atoms with Crippen LogP contribution in [0.15, 0.2) is 146 Å². The van der Waals surface area contributed by atoms with Gasteiger partial charge in [0.15, 0.2) is 0 Å². The maximum absolute atomic E-state index is 4.92. The third-order valence-corrected chi connectivity index (χ3v) is 9.46. The Bertz CT molecular complexity index is 2620. The molecule has 210 valence electrons. The summed E-state index contributed by atoms with van der Waals surface area (Å²) in [6.07, 6.45) is 2.56. The zero-order valence-electron chi connectivity index (χ0n) is 24.4. The van der Waals surface area contributed by atoms with E-state index in [9.17, 15) is 0 Å². The second-order valence-electron chi connectivity index (χ2n) is 11.9. The van der Waals surface area contributed by atoms with Gasteiger partial charge >= 0.3 is 0 Å². The molecule has 0 saturated heterocycles. The highest BCUT2D eigenvalue weighted by atomic mass is 15.1. The van der Waals surface area contributed by atoms with E-state index < -0.39 is 0 Å². The van der Waals surface area contributed by atoms with E-state index in [-0.39, 0.29) is 0 Å². The number of para-hydroxylation sites is 3. The van der Waals surface area contributed by atoms with Crippen LogP contribution in [-0.2, 0) is 6.42 Å². The molecule has 0 spiro atoms. The molecule has 0 radical (unpaired) electrons. The third-order valence-electron chi connectivity index (χ3n) is 9.46. The minimum absolute atomic E-state index is 0.838. The van der Waals surface area contributed by atoms with Gasteiger partial charge in [0.2, 0.25) is 0 Å². The Morgan fingerprint density at radius 2 is 1.11 bits per heavy atom. The molecular formula is C41H26N4. The van der Waals surface area contributed by atoms with E-state index in [4.69, 9.17) is 9.97 Å². The molecule has 0 aliphatic heterocycles. The van der Waals surface area contributed by atoms with Crippen molar-refractivity contribution in [2.24, 2.45) is 0 Å². The lowest BCUT2D eigenvalue weighted by Crippen LogP contribution is -2.02. The first-order valence-electron chi connectivity index (χ1n) is 15.4. The van der Waals surface area contributed by atoms with Gasteiger partial charge in [-0.05, 0) is 64.7 Å². The predicted octanol–water partition coefficient (Wildman–Crippen LogP) is 9.91. The predicted molar refractivity (Wildman–Crippen MR) is 184 cm³/mol. The van der Waals surface area contributed by atoms with Crippen molar-refractivity contribution >= 4 is 43.6 Å². The van der Waals surface area contributed by atoms with Gasteiger partial charge in [0.1, 0.15) is 12.1 Å². The average Bonchev–Trinajstić information content (AvgIpc) is 3.76. The summed E-state index contributed by atoms with van der Waals surface area (Å²) < 4.78 is 4.71. The molecule has 6 aromatic carbocycles. The number of hydrogen-bond donors (Lipinski definition) is 0. The highest BCUT2D eigenvalue weighted by Crippen LogP contribution is 2.42. The Morgan fingerprint density at radius 3 is 1.98 bits per heavy atom. The smallest absolute Gasteiger partial charge is 0.149 e. The zero-order chi connectivity index (χ0) is 29.5. The van der Waals surface area contributed by atoms with Crippen LogP contribution in [0.3, 0.4) is 0 Å². The van der Waals surface area contributed by atoms with Crippen LogP contribution in [0.1, 0.15) is 11.3 Å². The van der Waals surface area contributed by atoms with Crippen LogP contribution in [0.25, 0.3) is 77.4 Å². The molecule has 0 fully saturated rings. The quantitative estimate of drug-likeness (QED) is 0.211. The number of hydrogen-bond acceptors (Lipinski definition) is 2. The standard InChI is InChI=1S/C41H26N4/c1-2-11-29(12-3-1)44-36-16-8-6-14-31(36)33-20-18-27(24-39(33)44)26-19-21-38-34(22-26)32-15-7-9-17-37(32)45(38)41-40-30-13-5-4-10-28(30)23-35(40)42-25-43-41/h1-22,24-25H,23H2. The summed E-state index contributed by atoms with van der Waals surface area (Å²) in [6, 6.07) is 50.4. The van der Waals surface area contributed by atoms with Crippen LogP contribution in [0, 0.1) is 0 Å². The van der Waals surface area contributed by atoms with E-state index in [0.29, 0.717) is 0 Å². The lowest BCUT2D eigenvalue weighted by molar-refractivity contribution is 1.00. The summed E-state index contributed by atoms with van der Waals surface area (Å²) in [5, 5.41) is 4.95. The van der Waals surface area contributed by atoms with Gasteiger partial charge in [-0.1, -0.05) is 97.1 Å². The van der Waals surface area contributed by atoms with Crippen LogP contribution >= 0.6 is 0 Å². The molecule has 1 aliphatic rings. The fourth-order valence-corrected chi connectivity index (χ4v) is 7.48. The maximum Gasteiger partial charge on any atom is 0.149 e. The van der Waals surface area contributed by atoms with Crippen molar-refractivity contribution < 1.29 is 0 Å². The number of benzene rings is 6. The van der Waals surface area contributed by atoms with E-state index in [1.165, 1.54) is 60.5 Å². The molecule has 1 aliphatic carbocycles. The highest BCUT2D eigenvalue weighted by molar-refractivity contribution is 6.12. The molecule has 4 heteroatoms. The summed E-state index contributed by atoms with van der Waals surface area (Å²) in [6.45, 7) is 0. The second kappa shape index (κ2) is 9.25. The molecular weight excluding hydrogens is 548 g/mol. The molecule has 0 saturated carbocycles. The average molecular weight is 575 g/mol. The Morgan fingerprint density at radius 1 is 0.467 bits per heavy atom. The Labute approximate surface area is 259 Å². The van der Waals surface area contributed by atoms with Crippen molar-refractivity contribution in [3.8, 4) is 33.8 Å². The minimum atomic E-state index is 0.838. The number of aromatic nitrogens is 4. The molecule has 0 unspecified atom stereocenters. The van der Waals surface area contributed by atoms with Gasteiger partial charge in [0.05, 0.1) is 27.8 Å². The fraction of sp³-hybridized carbons (Fsp3) is 0.0244. The van der Waals surface area contributed by atoms with Crippen LogP contribution < -0.4 is 0 Å². The summed E-state index contributed by atoms with van der Waals surface area (Å²) >= 11 is 0. The van der Waals surface area contributed by atoms with E-state index >= 15 is 0 Å². The molecule has 10 rings (SSSR count). The Balaban J connectivity index is 1.21. The number of fused-ring (bicyclic) bond motifs is 9. The lowest BCUT2D eigenvalue weighted by atomic mass is 10.0. The largest absolute Gasteiger partial charge is 0.309 e. The van der Waals surface area contributed by atoms with Crippen molar-refractivity contribution in [2.75, 3.05) is 0 Å². The molecule has 0 bridgehead atoms. The molecule has 4 nitrogen and oxygen atoms in total. The van der Waals surface area contributed by atoms with Gasteiger partial charge < -0.3 is 4.57 Å². The van der Waals surface area contributed by atoms with Gasteiger partial charge in [-0.3, -0.25) is 4.57 Å². The monoisotopic (exact) mass is 574 g/mol. The molecule has 3 aromatic heterocycles. The molecule has 0 amide bonds. The highest BCUT2D eigenvalue weighted by Gasteiger charge is 2.26. The van der Waals surface area contributed by atoms with E-state index in [1.807, 2.05) is 0 Å². The van der Waals surface area contributed by atoms with Crippen LogP contribution in [0.5, 0.6) is 0 Å². The van der Waals surface area contributed by atoms with Gasteiger partial charge in [0, 0.05) is 39.2 Å². The van der Waals surface area contributed by atoms with Crippen LogP contribution in [-0.4, -0.2) is 19.1 Å². The molecule has 3 heterocycles. The zero-order valence-corrected chi connectivity index (χ0v) is 24.4. The summed E-state index contributed by atoms with van der Waals surface area (Å²) in [5.41, 5.74) is 13.0. The molecule has 45 heavy (non-hydrogen) atoms. The Hall–Kier alpha value is -6.00. The van der Waals surface area contributed by atoms with Crippen LogP contribution in [0.2, 0.25) is 0 Å². The van der Waals surface area contributed by atoms with Crippen molar-refractivity contribution in [1.82, 2.24) is 19.1 Å². The molecule has 0 atom stereocenters. The summed E-state index contributed by atoms with van der Waals surface area (Å²) in [4.78, 5) is 9.62. The van der Waals surface area contributed by atoms with Crippen molar-refractivity contribution in [3.63, 3.8) is 0 Å². The van der Waals surface area contributed by atoms with Crippen molar-refractivity contribution in [1.29, 1.82) is 0 Å². The first-order chi connectivity index (χ1) is 22.3. The SMILES string of the molecule is c1ccc(-n2c3ccccc3c3ccc(-c4ccc5c(c4)c4ccccc4n5-c4ncnc5c4-c4ccccc4C5)cc32)cc1. The first kappa shape index (κ1) is 24.4. The minimum Gasteiger partial charge on any atom is -0.309 e. The number of rotatable bonds is 3. The van der Waals surface area contributed by atoms with Crippen molar-refractivity contribution in [2.45, 2.75) is 6.42 Å². The first-order valence-corrected chi connectivity index (χ1v) is 15.4. The van der Waals surface area contributed by atoms with Crippen LogP contribution in [0.4, 0.5) is 0 Å². The normalized spacial score (nSPS) is 12.4. The topological polar surface area (TPSA) is 35.6 Å².